The van der Waals surface area contributed by atoms with E-state index in [4.69, 9.17) is 18.9 Å². The van der Waals surface area contributed by atoms with Crippen LogP contribution in [0.15, 0.2) is 24.3 Å². The van der Waals surface area contributed by atoms with E-state index in [0.717, 1.165) is 0 Å². The number of hydrogen-bond acceptors (Lipinski definition) is 7. The van der Waals surface area contributed by atoms with E-state index in [1.807, 2.05) is 0 Å². The highest BCUT2D eigenvalue weighted by molar-refractivity contribution is 5.85. The minimum atomic E-state index is -1.34. The summed E-state index contributed by atoms with van der Waals surface area (Å²) in [5, 5.41) is 2.80. The molecule has 2 fully saturated rings. The number of ether oxygens (including phenoxy) is 5. The van der Waals surface area contributed by atoms with Crippen LogP contribution in [0.25, 0.3) is 0 Å². The number of likely N-dealkylation sites (N-methyl/N-ethyl adjacent to an activating group) is 1. The highest BCUT2D eigenvalue weighted by Crippen LogP contribution is 2.44. The van der Waals surface area contributed by atoms with Crippen LogP contribution in [-0.4, -0.2) is 61.8 Å². The fraction of sp³-hybridized carbons (Fsp3) is 0.636. The third-order valence-electron chi connectivity index (χ3n) is 5.51. The summed E-state index contributed by atoms with van der Waals surface area (Å²) in [5.74, 6) is -2.19. The smallest absolute Gasteiger partial charge is 0.331 e. The van der Waals surface area contributed by atoms with Crippen molar-refractivity contribution in [2.75, 3.05) is 20.3 Å². The fourth-order valence-electron chi connectivity index (χ4n) is 4.10. The number of amides is 1. The van der Waals surface area contributed by atoms with Crippen molar-refractivity contribution in [3.05, 3.63) is 35.6 Å². The Morgan fingerprint density at radius 2 is 1.97 bits per heavy atom. The van der Waals surface area contributed by atoms with E-state index in [2.05, 4.69) is 10.1 Å². The van der Waals surface area contributed by atoms with Gasteiger partial charge in [-0.1, -0.05) is 18.2 Å². The number of hydrogen-bond donors (Lipinski definition) is 1. The maximum Gasteiger partial charge on any atom is 0.331 e. The van der Waals surface area contributed by atoms with Gasteiger partial charge in [-0.05, 0) is 26.8 Å². The lowest BCUT2D eigenvalue weighted by atomic mass is 9.78. The second-order valence-corrected chi connectivity index (χ2v) is 8.21. The first-order valence-corrected chi connectivity index (χ1v) is 10.4. The number of carbonyl (C=O) groups is 2. The minimum absolute atomic E-state index is 0.102. The van der Waals surface area contributed by atoms with Gasteiger partial charge in [0.2, 0.25) is 0 Å². The summed E-state index contributed by atoms with van der Waals surface area (Å²) < 4.78 is 42.7. The van der Waals surface area contributed by atoms with E-state index in [1.165, 1.54) is 13.2 Å². The zero-order valence-corrected chi connectivity index (χ0v) is 18.3. The Kier molecular flexibility index (Phi) is 7.31. The van der Waals surface area contributed by atoms with Crippen molar-refractivity contribution in [3.63, 3.8) is 0 Å². The third-order valence-corrected chi connectivity index (χ3v) is 5.51. The van der Waals surface area contributed by atoms with Gasteiger partial charge in [0, 0.05) is 24.9 Å². The van der Waals surface area contributed by atoms with E-state index < -0.39 is 41.5 Å². The predicted octanol–water partition coefficient (Wildman–Crippen LogP) is 2.09. The standard InChI is InChI=1S/C22H30FNO7/c1-5-24-20(26)22(29-12-14-8-6-7-9-15(14)23)10-16(28-13-18(25)27-4)19-17(11-22)30-21(2,3)31-19/h6-9,16-17,19H,5,10-13H2,1-4H3,(H,24,26)/t16?,17-,19+,22-/m1/s1. The predicted molar refractivity (Wildman–Crippen MR) is 107 cm³/mol. The molecule has 9 heteroatoms. The van der Waals surface area contributed by atoms with E-state index in [1.54, 1.807) is 39.0 Å². The van der Waals surface area contributed by atoms with Gasteiger partial charge in [-0.15, -0.1) is 0 Å². The maximum absolute atomic E-state index is 14.2. The summed E-state index contributed by atoms with van der Waals surface area (Å²) in [6.45, 7) is 5.35. The molecule has 1 aromatic rings. The summed E-state index contributed by atoms with van der Waals surface area (Å²) in [7, 11) is 1.27. The van der Waals surface area contributed by atoms with Crippen molar-refractivity contribution in [1.29, 1.82) is 0 Å². The Hall–Kier alpha value is -2.07. The number of carbonyl (C=O) groups excluding carboxylic acids is 2. The molecule has 1 aromatic carbocycles. The SMILES string of the molecule is CCNC(=O)[C@@]1(OCc2ccccc2F)CC(OCC(=O)OC)[C@@H]2OC(C)(C)O[C@@H]2C1. The molecule has 172 valence electrons. The lowest BCUT2D eigenvalue weighted by Crippen LogP contribution is -2.60. The fourth-order valence-corrected chi connectivity index (χ4v) is 4.10. The molecule has 1 heterocycles. The number of rotatable bonds is 8. The van der Waals surface area contributed by atoms with Crippen molar-refractivity contribution >= 4 is 11.9 Å². The first-order chi connectivity index (χ1) is 14.7. The minimum Gasteiger partial charge on any atom is -0.467 e. The van der Waals surface area contributed by atoms with Gasteiger partial charge in [-0.2, -0.15) is 0 Å². The Labute approximate surface area is 181 Å². The molecule has 0 aromatic heterocycles. The van der Waals surface area contributed by atoms with E-state index >= 15 is 0 Å². The van der Waals surface area contributed by atoms with Crippen LogP contribution in [-0.2, 0) is 39.9 Å². The summed E-state index contributed by atoms with van der Waals surface area (Å²) in [6.07, 6.45) is -1.33. The van der Waals surface area contributed by atoms with Gasteiger partial charge >= 0.3 is 5.97 Å². The molecule has 1 aliphatic heterocycles. The molecule has 0 spiro atoms. The summed E-state index contributed by atoms with van der Waals surface area (Å²) >= 11 is 0. The topological polar surface area (TPSA) is 92.3 Å². The van der Waals surface area contributed by atoms with Gasteiger partial charge in [0.15, 0.2) is 11.4 Å². The normalized spacial score (nSPS) is 29.3. The number of esters is 1. The Morgan fingerprint density at radius 3 is 2.65 bits per heavy atom. The van der Waals surface area contributed by atoms with E-state index in [0.29, 0.717) is 12.1 Å². The van der Waals surface area contributed by atoms with Crippen molar-refractivity contribution in [2.45, 2.75) is 69.9 Å². The molecule has 1 saturated carbocycles. The summed E-state index contributed by atoms with van der Waals surface area (Å²) in [4.78, 5) is 24.8. The average Bonchev–Trinajstić information content (AvgIpc) is 3.05. The molecular formula is C22H30FNO7. The summed E-state index contributed by atoms with van der Waals surface area (Å²) in [6, 6.07) is 6.24. The second-order valence-electron chi connectivity index (χ2n) is 8.21. The van der Waals surface area contributed by atoms with Crippen LogP contribution in [0, 0.1) is 5.82 Å². The Morgan fingerprint density at radius 1 is 1.23 bits per heavy atom. The second kappa shape index (κ2) is 9.60. The first kappa shape index (κ1) is 23.6. The monoisotopic (exact) mass is 439 g/mol. The van der Waals surface area contributed by atoms with Gasteiger partial charge in [-0.3, -0.25) is 4.79 Å². The van der Waals surface area contributed by atoms with Crippen molar-refractivity contribution in [1.82, 2.24) is 5.32 Å². The van der Waals surface area contributed by atoms with Gasteiger partial charge in [0.25, 0.3) is 5.91 Å². The first-order valence-electron chi connectivity index (χ1n) is 10.4. The maximum atomic E-state index is 14.2. The molecule has 1 aliphatic carbocycles. The van der Waals surface area contributed by atoms with Gasteiger partial charge in [0.05, 0.1) is 25.9 Å². The molecule has 4 atom stereocenters. The molecule has 1 N–H and O–H groups in total. The molecule has 2 aliphatic rings. The van der Waals surface area contributed by atoms with Crippen molar-refractivity contribution in [2.24, 2.45) is 0 Å². The number of methoxy groups -OCH3 is 1. The lowest BCUT2D eigenvalue weighted by Gasteiger charge is -2.43. The van der Waals surface area contributed by atoms with Gasteiger partial charge in [0.1, 0.15) is 18.5 Å². The lowest BCUT2D eigenvalue weighted by molar-refractivity contribution is -0.185. The molecule has 1 saturated heterocycles. The quantitative estimate of drug-likeness (QED) is 0.620. The molecule has 1 unspecified atom stereocenters. The van der Waals surface area contributed by atoms with Crippen LogP contribution in [0.2, 0.25) is 0 Å². The largest absolute Gasteiger partial charge is 0.467 e. The van der Waals surface area contributed by atoms with Crippen molar-refractivity contribution < 1.29 is 37.7 Å². The molecule has 0 radical (unpaired) electrons. The molecule has 0 bridgehead atoms. The number of fused-ring (bicyclic) bond motifs is 1. The van der Waals surface area contributed by atoms with Crippen LogP contribution in [0.1, 0.15) is 39.2 Å². The van der Waals surface area contributed by atoms with E-state index in [-0.39, 0.29) is 32.0 Å². The summed E-state index contributed by atoms with van der Waals surface area (Å²) in [5.41, 5.74) is -1.01. The number of benzene rings is 1. The molecule has 31 heavy (non-hydrogen) atoms. The third kappa shape index (κ3) is 5.41. The zero-order valence-electron chi connectivity index (χ0n) is 18.3. The average molecular weight is 439 g/mol. The van der Waals surface area contributed by atoms with Crippen molar-refractivity contribution in [3.8, 4) is 0 Å². The molecule has 8 nitrogen and oxygen atoms in total. The zero-order chi connectivity index (χ0) is 22.6. The number of nitrogens with one attached hydrogen (secondary N) is 1. The van der Waals surface area contributed by atoms with Crippen LogP contribution in [0.4, 0.5) is 4.39 Å². The highest BCUT2D eigenvalue weighted by atomic mass is 19.1. The van der Waals surface area contributed by atoms with Crippen LogP contribution in [0.3, 0.4) is 0 Å². The van der Waals surface area contributed by atoms with Gasteiger partial charge < -0.3 is 29.0 Å². The van der Waals surface area contributed by atoms with E-state index in [9.17, 15) is 14.0 Å². The Bertz CT molecular complexity index is 802. The highest BCUT2D eigenvalue weighted by Gasteiger charge is 2.58. The molecule has 1 amide bonds. The number of halogens is 1. The van der Waals surface area contributed by atoms with Crippen LogP contribution >= 0.6 is 0 Å². The molecular weight excluding hydrogens is 409 g/mol. The van der Waals surface area contributed by atoms with Crippen LogP contribution < -0.4 is 5.32 Å². The van der Waals surface area contributed by atoms with Gasteiger partial charge in [-0.25, -0.2) is 9.18 Å². The molecule has 3 rings (SSSR count). The Balaban J connectivity index is 1.88. The van der Waals surface area contributed by atoms with Crippen LogP contribution in [0.5, 0.6) is 0 Å².